The Hall–Kier alpha value is -1.27. The first-order valence-electron chi connectivity index (χ1n) is 7.14. The van der Waals surface area contributed by atoms with E-state index in [1.54, 1.807) is 10.4 Å². The lowest BCUT2D eigenvalue weighted by molar-refractivity contribution is 0.287. The molecule has 1 aromatic rings. The van der Waals surface area contributed by atoms with Gasteiger partial charge in [-0.3, -0.25) is 4.31 Å². The summed E-state index contributed by atoms with van der Waals surface area (Å²) >= 11 is 0. The van der Waals surface area contributed by atoms with E-state index in [4.69, 9.17) is 5.73 Å². The van der Waals surface area contributed by atoms with Crippen molar-refractivity contribution in [2.24, 2.45) is 5.92 Å². The van der Waals surface area contributed by atoms with Crippen molar-refractivity contribution in [3.05, 3.63) is 23.8 Å². The number of nitrogens with two attached hydrogens (primary N) is 1. The zero-order chi connectivity index (χ0) is 14.3. The molecular weight excluding hydrogens is 274 g/mol. The average molecular weight is 295 g/mol. The molecule has 0 aromatic heterocycles. The molecule has 5 nitrogen and oxygen atoms in total. The number of nitrogens with zero attached hydrogens (tertiary/aromatic N) is 2. The minimum Gasteiger partial charge on any atom is -0.399 e. The molecule has 20 heavy (non-hydrogen) atoms. The van der Waals surface area contributed by atoms with Crippen LogP contribution in [0, 0.1) is 5.92 Å². The fraction of sp³-hybridized carbons (Fsp3) is 0.571. The van der Waals surface area contributed by atoms with E-state index < -0.39 is 10.2 Å². The van der Waals surface area contributed by atoms with Crippen LogP contribution in [0.4, 0.5) is 11.4 Å². The summed E-state index contributed by atoms with van der Waals surface area (Å²) in [6.45, 7) is 3.94. The Morgan fingerprint density at radius 3 is 2.60 bits per heavy atom. The largest absolute Gasteiger partial charge is 0.399 e. The molecule has 2 aliphatic rings. The van der Waals surface area contributed by atoms with Gasteiger partial charge in [-0.15, -0.1) is 0 Å². The normalized spacial score (nSPS) is 21.1. The van der Waals surface area contributed by atoms with Crippen molar-refractivity contribution in [2.75, 3.05) is 29.7 Å². The van der Waals surface area contributed by atoms with Crippen molar-refractivity contribution < 1.29 is 8.42 Å². The monoisotopic (exact) mass is 295 g/mol. The molecule has 3 rings (SSSR count). The predicted molar refractivity (Wildman–Crippen MR) is 80.8 cm³/mol. The lowest BCUT2D eigenvalue weighted by atomic mass is 10.0. The number of anilines is 2. The Balaban J connectivity index is 1.89. The lowest BCUT2D eigenvalue weighted by Crippen LogP contribution is -2.46. The van der Waals surface area contributed by atoms with Crippen LogP contribution in [0.15, 0.2) is 18.2 Å². The Kier molecular flexibility index (Phi) is 3.38. The summed E-state index contributed by atoms with van der Waals surface area (Å²) in [5.41, 5.74) is 8.22. The molecule has 0 saturated carbocycles. The van der Waals surface area contributed by atoms with Crippen LogP contribution in [0.2, 0.25) is 0 Å². The third-order valence-electron chi connectivity index (χ3n) is 4.31. The summed E-state index contributed by atoms with van der Waals surface area (Å²) < 4.78 is 28.7. The number of fused-ring (bicyclic) bond motifs is 1. The summed E-state index contributed by atoms with van der Waals surface area (Å²) in [5, 5.41) is 0. The second-order valence-corrected chi connectivity index (χ2v) is 7.65. The van der Waals surface area contributed by atoms with E-state index in [-0.39, 0.29) is 0 Å². The first-order chi connectivity index (χ1) is 9.48. The zero-order valence-corrected chi connectivity index (χ0v) is 12.6. The van der Waals surface area contributed by atoms with Crippen LogP contribution in [0.3, 0.4) is 0 Å². The Morgan fingerprint density at radius 1 is 1.20 bits per heavy atom. The standard InChI is InChI=1S/C14H21N3O2S/c1-11-4-7-16(8-5-11)20(18,19)17-9-6-12-2-3-13(15)10-14(12)17/h2-3,10-11H,4-9,15H2,1H3. The van der Waals surface area contributed by atoms with Gasteiger partial charge in [-0.05, 0) is 42.9 Å². The smallest absolute Gasteiger partial charge is 0.304 e. The lowest BCUT2D eigenvalue weighted by Gasteiger charge is -2.33. The molecule has 0 unspecified atom stereocenters. The molecule has 0 atom stereocenters. The van der Waals surface area contributed by atoms with Crippen molar-refractivity contribution in [3.8, 4) is 0 Å². The third kappa shape index (κ3) is 2.27. The van der Waals surface area contributed by atoms with Gasteiger partial charge in [0, 0.05) is 25.3 Å². The summed E-state index contributed by atoms with van der Waals surface area (Å²) in [4.78, 5) is 0. The maximum Gasteiger partial charge on any atom is 0.304 e. The van der Waals surface area contributed by atoms with Crippen molar-refractivity contribution in [2.45, 2.75) is 26.2 Å². The van der Waals surface area contributed by atoms with Gasteiger partial charge in [-0.1, -0.05) is 13.0 Å². The van der Waals surface area contributed by atoms with Gasteiger partial charge in [0.25, 0.3) is 0 Å². The summed E-state index contributed by atoms with van der Waals surface area (Å²) in [5.74, 6) is 0.614. The minimum absolute atomic E-state index is 0.521. The van der Waals surface area contributed by atoms with Gasteiger partial charge in [-0.25, -0.2) is 0 Å². The van der Waals surface area contributed by atoms with Gasteiger partial charge in [0.05, 0.1) is 5.69 Å². The highest BCUT2D eigenvalue weighted by Crippen LogP contribution is 2.34. The van der Waals surface area contributed by atoms with Crippen LogP contribution >= 0.6 is 0 Å². The van der Waals surface area contributed by atoms with Crippen molar-refractivity contribution >= 4 is 21.6 Å². The summed E-state index contributed by atoms with van der Waals surface area (Å²) in [6, 6.07) is 5.53. The summed E-state index contributed by atoms with van der Waals surface area (Å²) in [7, 11) is -3.40. The molecule has 0 spiro atoms. The fourth-order valence-electron chi connectivity index (χ4n) is 2.96. The molecule has 2 aliphatic heterocycles. The Labute approximate surface area is 120 Å². The van der Waals surface area contributed by atoms with Gasteiger partial charge in [0.1, 0.15) is 0 Å². The van der Waals surface area contributed by atoms with E-state index in [9.17, 15) is 8.42 Å². The highest BCUT2D eigenvalue weighted by molar-refractivity contribution is 7.90. The van der Waals surface area contributed by atoms with Crippen LogP contribution in [0.5, 0.6) is 0 Å². The van der Waals surface area contributed by atoms with Gasteiger partial charge in [-0.2, -0.15) is 12.7 Å². The van der Waals surface area contributed by atoms with Gasteiger partial charge < -0.3 is 5.73 Å². The Morgan fingerprint density at radius 2 is 1.90 bits per heavy atom. The number of hydrogen-bond donors (Lipinski definition) is 1. The second-order valence-electron chi connectivity index (χ2n) is 5.80. The van der Waals surface area contributed by atoms with E-state index in [0.717, 1.165) is 30.5 Å². The first-order valence-corrected chi connectivity index (χ1v) is 8.54. The van der Waals surface area contributed by atoms with Crippen LogP contribution in [0.25, 0.3) is 0 Å². The average Bonchev–Trinajstić information content (AvgIpc) is 2.82. The predicted octanol–water partition coefficient (Wildman–Crippen LogP) is 1.61. The minimum atomic E-state index is -3.40. The van der Waals surface area contributed by atoms with Gasteiger partial charge in [0.2, 0.25) is 0 Å². The third-order valence-corrected chi connectivity index (χ3v) is 6.26. The molecular formula is C14H21N3O2S. The number of benzene rings is 1. The van der Waals surface area contributed by atoms with Crippen molar-refractivity contribution in [1.29, 1.82) is 0 Å². The van der Waals surface area contributed by atoms with E-state index in [0.29, 0.717) is 31.2 Å². The molecule has 110 valence electrons. The quantitative estimate of drug-likeness (QED) is 0.843. The maximum atomic E-state index is 12.8. The molecule has 0 bridgehead atoms. The molecule has 2 heterocycles. The number of hydrogen-bond acceptors (Lipinski definition) is 3. The molecule has 6 heteroatoms. The van der Waals surface area contributed by atoms with Gasteiger partial charge in [0.15, 0.2) is 0 Å². The molecule has 1 fully saturated rings. The summed E-state index contributed by atoms with van der Waals surface area (Å²) in [6.07, 6.45) is 2.65. The molecule has 1 saturated heterocycles. The van der Waals surface area contributed by atoms with Crippen LogP contribution in [-0.2, 0) is 16.6 Å². The molecule has 0 radical (unpaired) electrons. The van der Waals surface area contributed by atoms with E-state index in [2.05, 4.69) is 6.92 Å². The molecule has 0 amide bonds. The van der Waals surface area contributed by atoms with Crippen LogP contribution < -0.4 is 10.0 Å². The highest BCUT2D eigenvalue weighted by atomic mass is 32.2. The number of nitrogen functional groups attached to an aromatic ring is 1. The first kappa shape index (κ1) is 13.7. The molecule has 0 aliphatic carbocycles. The SMILES string of the molecule is CC1CCN(S(=O)(=O)N2CCc3ccc(N)cc32)CC1. The fourth-order valence-corrected chi connectivity index (χ4v) is 4.65. The Bertz CT molecular complexity index is 607. The maximum absolute atomic E-state index is 12.8. The van der Waals surface area contributed by atoms with Crippen molar-refractivity contribution in [1.82, 2.24) is 4.31 Å². The van der Waals surface area contributed by atoms with Crippen LogP contribution in [-0.4, -0.2) is 32.4 Å². The molecule has 2 N–H and O–H groups in total. The zero-order valence-electron chi connectivity index (χ0n) is 11.7. The van der Waals surface area contributed by atoms with E-state index in [1.807, 2.05) is 12.1 Å². The highest BCUT2D eigenvalue weighted by Gasteiger charge is 2.35. The van der Waals surface area contributed by atoms with Gasteiger partial charge >= 0.3 is 10.2 Å². The van der Waals surface area contributed by atoms with Crippen molar-refractivity contribution in [3.63, 3.8) is 0 Å². The number of piperidine rings is 1. The molecule has 1 aromatic carbocycles. The number of rotatable bonds is 2. The topological polar surface area (TPSA) is 66.6 Å². The van der Waals surface area contributed by atoms with E-state index in [1.165, 1.54) is 4.31 Å². The van der Waals surface area contributed by atoms with Crippen LogP contribution in [0.1, 0.15) is 25.3 Å². The second kappa shape index (κ2) is 4.93. The van der Waals surface area contributed by atoms with E-state index >= 15 is 0 Å².